The van der Waals surface area contributed by atoms with Crippen LogP contribution in [0.25, 0.3) is 0 Å². The molecular formula is C15H18F3N3O5. The molecule has 0 fully saturated rings. The Labute approximate surface area is 146 Å². The molecule has 11 heteroatoms. The second-order valence-electron chi connectivity index (χ2n) is 5.28. The molecule has 144 valence electrons. The minimum atomic E-state index is -4.52. The maximum atomic E-state index is 12.5. The fourth-order valence-electron chi connectivity index (χ4n) is 1.87. The smallest absolute Gasteiger partial charge is 0.422 e. The third-order valence-corrected chi connectivity index (χ3v) is 3.18. The number of rotatable bonds is 8. The Morgan fingerprint density at radius 2 is 2.00 bits per heavy atom. The van der Waals surface area contributed by atoms with Gasteiger partial charge in [0.1, 0.15) is 6.04 Å². The summed E-state index contributed by atoms with van der Waals surface area (Å²) in [6.45, 7) is 1.02. The zero-order valence-electron chi connectivity index (χ0n) is 14.0. The average Bonchev–Trinajstić information content (AvgIpc) is 2.55. The van der Waals surface area contributed by atoms with E-state index in [0.29, 0.717) is 0 Å². The highest BCUT2D eigenvalue weighted by Gasteiger charge is 2.29. The summed E-state index contributed by atoms with van der Waals surface area (Å²) < 4.78 is 40.7. The van der Waals surface area contributed by atoms with E-state index in [9.17, 15) is 27.6 Å². The van der Waals surface area contributed by atoms with Crippen molar-refractivity contribution in [2.45, 2.75) is 26.1 Å². The van der Waals surface area contributed by atoms with E-state index in [1.807, 2.05) is 0 Å². The van der Waals surface area contributed by atoms with Gasteiger partial charge in [0.15, 0.2) is 6.61 Å². The fourth-order valence-corrected chi connectivity index (χ4v) is 1.87. The number of aliphatic carboxylic acids is 1. The Morgan fingerprint density at radius 1 is 1.35 bits per heavy atom. The van der Waals surface area contributed by atoms with Crippen LogP contribution in [0, 0.1) is 0 Å². The van der Waals surface area contributed by atoms with Gasteiger partial charge in [-0.25, -0.2) is 9.78 Å². The number of carboxylic acid groups (broad SMARTS) is 1. The number of aromatic nitrogens is 1. The Hall–Kier alpha value is -2.85. The van der Waals surface area contributed by atoms with Crippen molar-refractivity contribution in [1.29, 1.82) is 0 Å². The first-order chi connectivity index (χ1) is 12.0. The predicted molar refractivity (Wildman–Crippen MR) is 82.6 cm³/mol. The first-order valence-electron chi connectivity index (χ1n) is 7.45. The molecule has 1 heterocycles. The fraction of sp³-hybridized carbons (Fsp3) is 0.467. The van der Waals surface area contributed by atoms with E-state index < -0.39 is 30.7 Å². The molecule has 0 aromatic carbocycles. The predicted octanol–water partition coefficient (Wildman–Crippen LogP) is 1.07. The summed E-state index contributed by atoms with van der Waals surface area (Å²) in [5.74, 6) is -2.61. The lowest BCUT2D eigenvalue weighted by molar-refractivity contribution is -0.154. The SMILES string of the molecule is CC(=O)NCCN(C(=O)c1ccc(OCC(F)(F)F)nc1)C(C)C(=O)O. The van der Waals surface area contributed by atoms with Gasteiger partial charge in [-0.1, -0.05) is 0 Å². The first kappa shape index (κ1) is 21.2. The number of hydrogen-bond donors (Lipinski definition) is 2. The summed E-state index contributed by atoms with van der Waals surface area (Å²) in [6, 6.07) is 1.08. The minimum absolute atomic E-state index is 0.0275. The van der Waals surface area contributed by atoms with Gasteiger partial charge in [-0.05, 0) is 13.0 Å². The lowest BCUT2D eigenvalue weighted by Crippen LogP contribution is -2.46. The van der Waals surface area contributed by atoms with Gasteiger partial charge in [0, 0.05) is 32.3 Å². The van der Waals surface area contributed by atoms with Crippen molar-refractivity contribution in [3.05, 3.63) is 23.9 Å². The van der Waals surface area contributed by atoms with Crippen molar-refractivity contribution < 1.29 is 37.4 Å². The van der Waals surface area contributed by atoms with Gasteiger partial charge < -0.3 is 20.1 Å². The number of carbonyl (C=O) groups is 3. The van der Waals surface area contributed by atoms with E-state index in [-0.39, 0.29) is 30.4 Å². The normalized spacial score (nSPS) is 12.2. The van der Waals surface area contributed by atoms with Crippen molar-refractivity contribution >= 4 is 17.8 Å². The van der Waals surface area contributed by atoms with E-state index in [0.717, 1.165) is 17.2 Å². The highest BCUT2D eigenvalue weighted by atomic mass is 19.4. The molecule has 1 aromatic heterocycles. The van der Waals surface area contributed by atoms with Gasteiger partial charge in [-0.3, -0.25) is 9.59 Å². The number of hydrogen-bond acceptors (Lipinski definition) is 5. The summed E-state index contributed by atoms with van der Waals surface area (Å²) in [5, 5.41) is 11.6. The lowest BCUT2D eigenvalue weighted by atomic mass is 10.2. The molecule has 1 atom stereocenters. The zero-order chi connectivity index (χ0) is 19.9. The van der Waals surface area contributed by atoms with Gasteiger partial charge in [-0.2, -0.15) is 13.2 Å². The number of nitrogens with one attached hydrogen (secondary N) is 1. The Morgan fingerprint density at radius 3 is 2.46 bits per heavy atom. The third kappa shape index (κ3) is 6.95. The maximum absolute atomic E-state index is 12.5. The Bertz CT molecular complexity index is 649. The van der Waals surface area contributed by atoms with E-state index in [4.69, 9.17) is 5.11 Å². The number of pyridine rings is 1. The molecule has 0 aliphatic rings. The maximum Gasteiger partial charge on any atom is 0.422 e. The van der Waals surface area contributed by atoms with E-state index in [1.54, 1.807) is 0 Å². The van der Waals surface area contributed by atoms with Crippen molar-refractivity contribution in [3.8, 4) is 5.88 Å². The van der Waals surface area contributed by atoms with Crippen LogP contribution in [0.1, 0.15) is 24.2 Å². The van der Waals surface area contributed by atoms with Crippen LogP contribution in [0.15, 0.2) is 18.3 Å². The number of carbonyl (C=O) groups excluding carboxylic acids is 2. The average molecular weight is 377 g/mol. The molecule has 0 aliphatic carbocycles. The van der Waals surface area contributed by atoms with E-state index in [2.05, 4.69) is 15.0 Å². The molecule has 0 saturated heterocycles. The van der Waals surface area contributed by atoms with Crippen molar-refractivity contribution in [2.24, 2.45) is 0 Å². The van der Waals surface area contributed by atoms with Gasteiger partial charge in [0.05, 0.1) is 5.56 Å². The van der Waals surface area contributed by atoms with Gasteiger partial charge in [0.25, 0.3) is 5.91 Å². The molecule has 0 spiro atoms. The molecule has 1 aromatic rings. The van der Waals surface area contributed by atoms with Crippen LogP contribution in [-0.2, 0) is 9.59 Å². The van der Waals surface area contributed by atoms with Gasteiger partial charge in [-0.15, -0.1) is 0 Å². The van der Waals surface area contributed by atoms with Crippen LogP contribution in [0.3, 0.4) is 0 Å². The zero-order valence-corrected chi connectivity index (χ0v) is 14.0. The lowest BCUT2D eigenvalue weighted by Gasteiger charge is -2.26. The summed E-state index contributed by atoms with van der Waals surface area (Å²) >= 11 is 0. The summed E-state index contributed by atoms with van der Waals surface area (Å²) in [6.07, 6.45) is -3.53. The topological polar surface area (TPSA) is 109 Å². The summed E-state index contributed by atoms with van der Waals surface area (Å²) in [5.41, 5.74) is -0.0275. The van der Waals surface area contributed by atoms with Crippen molar-refractivity contribution in [3.63, 3.8) is 0 Å². The van der Waals surface area contributed by atoms with Crippen molar-refractivity contribution in [2.75, 3.05) is 19.7 Å². The second kappa shape index (κ2) is 9.02. The standard InChI is InChI=1S/C15H18F3N3O5/c1-9(14(24)25)21(6-5-19-10(2)22)13(23)11-3-4-12(20-7-11)26-8-15(16,17)18/h3-4,7,9H,5-6,8H2,1-2H3,(H,19,22)(H,24,25). The summed E-state index contributed by atoms with van der Waals surface area (Å²) in [4.78, 5) is 39.2. The van der Waals surface area contributed by atoms with Crippen LogP contribution in [0.4, 0.5) is 13.2 Å². The van der Waals surface area contributed by atoms with Crippen LogP contribution >= 0.6 is 0 Å². The van der Waals surface area contributed by atoms with Gasteiger partial charge >= 0.3 is 12.1 Å². The molecule has 2 N–H and O–H groups in total. The van der Waals surface area contributed by atoms with Gasteiger partial charge in [0.2, 0.25) is 11.8 Å². The van der Waals surface area contributed by atoms with Crippen LogP contribution in [0.5, 0.6) is 5.88 Å². The van der Waals surface area contributed by atoms with Crippen LogP contribution in [0.2, 0.25) is 0 Å². The number of nitrogens with zero attached hydrogens (tertiary/aromatic N) is 2. The molecule has 26 heavy (non-hydrogen) atoms. The number of alkyl halides is 3. The second-order valence-corrected chi connectivity index (χ2v) is 5.28. The minimum Gasteiger partial charge on any atom is -0.480 e. The Kier molecular flexibility index (Phi) is 7.35. The largest absolute Gasteiger partial charge is 0.480 e. The highest BCUT2D eigenvalue weighted by molar-refractivity contribution is 5.96. The molecule has 2 amide bonds. The molecule has 0 bridgehead atoms. The quantitative estimate of drug-likeness (QED) is 0.702. The molecule has 0 aliphatic heterocycles. The number of halogens is 3. The molecule has 1 unspecified atom stereocenters. The van der Waals surface area contributed by atoms with E-state index in [1.165, 1.54) is 19.9 Å². The van der Waals surface area contributed by atoms with Crippen LogP contribution in [-0.4, -0.2) is 64.7 Å². The Balaban J connectivity index is 2.85. The molecule has 8 nitrogen and oxygen atoms in total. The monoisotopic (exact) mass is 377 g/mol. The molecule has 1 rings (SSSR count). The number of amides is 2. The van der Waals surface area contributed by atoms with E-state index >= 15 is 0 Å². The third-order valence-electron chi connectivity index (χ3n) is 3.18. The number of carboxylic acids is 1. The van der Waals surface area contributed by atoms with Crippen LogP contribution < -0.4 is 10.1 Å². The highest BCUT2D eigenvalue weighted by Crippen LogP contribution is 2.17. The number of ether oxygens (including phenoxy) is 1. The molecule has 0 radical (unpaired) electrons. The molecular weight excluding hydrogens is 359 g/mol. The van der Waals surface area contributed by atoms with Crippen molar-refractivity contribution in [1.82, 2.24) is 15.2 Å². The first-order valence-corrected chi connectivity index (χ1v) is 7.45. The summed E-state index contributed by atoms with van der Waals surface area (Å²) in [7, 11) is 0. The molecule has 0 saturated carbocycles.